The zero-order valence-corrected chi connectivity index (χ0v) is 12.0. The van der Waals surface area contributed by atoms with E-state index in [0.717, 1.165) is 0 Å². The lowest BCUT2D eigenvalue weighted by Gasteiger charge is -2.08. The van der Waals surface area contributed by atoms with Gasteiger partial charge in [0.25, 0.3) is 5.91 Å². The van der Waals surface area contributed by atoms with E-state index in [9.17, 15) is 9.59 Å². The van der Waals surface area contributed by atoms with Crippen LogP contribution in [0.25, 0.3) is 0 Å². The summed E-state index contributed by atoms with van der Waals surface area (Å²) in [5.41, 5.74) is 1.53. The van der Waals surface area contributed by atoms with Crippen molar-refractivity contribution in [2.24, 2.45) is 0 Å². The standard InChI is InChI=1S/C17H14N2O3/c1-12(20)13-6-8-15(9-7-13)19-17(21)11-22-16-5-3-2-4-14(16)10-18/h2-9H,11H2,1H3,(H,19,21). The maximum Gasteiger partial charge on any atom is 0.262 e. The fourth-order valence-corrected chi connectivity index (χ4v) is 1.81. The number of anilines is 1. The molecular weight excluding hydrogens is 280 g/mol. The molecule has 2 aromatic rings. The van der Waals surface area contributed by atoms with E-state index in [1.807, 2.05) is 6.07 Å². The number of amides is 1. The van der Waals surface area contributed by atoms with E-state index < -0.39 is 0 Å². The summed E-state index contributed by atoms with van der Waals surface area (Å²) in [6.07, 6.45) is 0. The monoisotopic (exact) mass is 294 g/mol. The smallest absolute Gasteiger partial charge is 0.262 e. The van der Waals surface area contributed by atoms with Gasteiger partial charge in [0.1, 0.15) is 11.8 Å². The lowest BCUT2D eigenvalue weighted by atomic mass is 10.1. The number of carbonyl (C=O) groups is 2. The first-order chi connectivity index (χ1) is 10.6. The van der Waals surface area contributed by atoms with E-state index in [-0.39, 0.29) is 18.3 Å². The van der Waals surface area contributed by atoms with Crippen molar-refractivity contribution in [1.29, 1.82) is 5.26 Å². The molecule has 0 atom stereocenters. The Hall–Kier alpha value is -3.13. The summed E-state index contributed by atoms with van der Waals surface area (Å²) < 4.78 is 5.34. The molecule has 2 rings (SSSR count). The minimum Gasteiger partial charge on any atom is -0.482 e. The van der Waals surface area contributed by atoms with Crippen LogP contribution in [0.4, 0.5) is 5.69 Å². The summed E-state index contributed by atoms with van der Waals surface area (Å²) in [6, 6.07) is 15.3. The molecule has 0 aliphatic rings. The van der Waals surface area contributed by atoms with Gasteiger partial charge in [0.2, 0.25) is 0 Å². The fraction of sp³-hybridized carbons (Fsp3) is 0.118. The Morgan fingerprint density at radius 1 is 1.14 bits per heavy atom. The van der Waals surface area contributed by atoms with Gasteiger partial charge in [-0.3, -0.25) is 9.59 Å². The highest BCUT2D eigenvalue weighted by atomic mass is 16.5. The van der Waals surface area contributed by atoms with E-state index in [1.165, 1.54) is 6.92 Å². The van der Waals surface area contributed by atoms with E-state index in [0.29, 0.717) is 22.6 Å². The predicted molar refractivity (Wildman–Crippen MR) is 81.7 cm³/mol. The molecule has 0 saturated carbocycles. The Kier molecular flexibility index (Phi) is 4.89. The molecule has 0 heterocycles. The number of nitrogens with one attached hydrogen (secondary N) is 1. The Bertz CT molecular complexity index is 730. The van der Waals surface area contributed by atoms with E-state index in [1.54, 1.807) is 48.5 Å². The van der Waals surface area contributed by atoms with Gasteiger partial charge >= 0.3 is 0 Å². The number of hydrogen-bond acceptors (Lipinski definition) is 4. The number of benzene rings is 2. The summed E-state index contributed by atoms with van der Waals surface area (Å²) in [7, 11) is 0. The van der Waals surface area contributed by atoms with Gasteiger partial charge in [-0.2, -0.15) is 5.26 Å². The highest BCUT2D eigenvalue weighted by Crippen LogP contribution is 2.16. The second-order valence-electron chi connectivity index (χ2n) is 4.58. The normalized spacial score (nSPS) is 9.64. The van der Waals surface area contributed by atoms with Crippen LogP contribution in [-0.2, 0) is 4.79 Å². The Morgan fingerprint density at radius 3 is 2.45 bits per heavy atom. The SMILES string of the molecule is CC(=O)c1ccc(NC(=O)COc2ccccc2C#N)cc1. The lowest BCUT2D eigenvalue weighted by Crippen LogP contribution is -2.20. The van der Waals surface area contributed by atoms with Crippen molar-refractivity contribution in [2.45, 2.75) is 6.92 Å². The first kappa shape index (κ1) is 15.3. The van der Waals surface area contributed by atoms with Gasteiger partial charge in [-0.05, 0) is 43.3 Å². The zero-order valence-electron chi connectivity index (χ0n) is 12.0. The number of rotatable bonds is 5. The molecule has 2 aromatic carbocycles. The number of nitriles is 1. The van der Waals surface area contributed by atoms with Gasteiger partial charge < -0.3 is 10.1 Å². The summed E-state index contributed by atoms with van der Waals surface area (Å²) in [5.74, 6) is -0.00952. The minimum absolute atomic E-state index is 0.0330. The van der Waals surface area contributed by atoms with Gasteiger partial charge in [-0.1, -0.05) is 12.1 Å². The average molecular weight is 294 g/mol. The number of hydrogen-bond donors (Lipinski definition) is 1. The van der Waals surface area contributed by atoms with Crippen LogP contribution in [0.3, 0.4) is 0 Å². The fourth-order valence-electron chi connectivity index (χ4n) is 1.81. The molecule has 1 N–H and O–H groups in total. The van der Waals surface area contributed by atoms with Crippen molar-refractivity contribution in [2.75, 3.05) is 11.9 Å². The highest BCUT2D eigenvalue weighted by Gasteiger charge is 2.07. The third-order valence-corrected chi connectivity index (χ3v) is 2.94. The molecule has 0 bridgehead atoms. The van der Waals surface area contributed by atoms with Crippen molar-refractivity contribution in [3.8, 4) is 11.8 Å². The van der Waals surface area contributed by atoms with Gasteiger partial charge in [0.05, 0.1) is 5.56 Å². The molecule has 1 amide bonds. The Labute approximate surface area is 128 Å². The molecule has 0 spiro atoms. The third-order valence-electron chi connectivity index (χ3n) is 2.94. The third kappa shape index (κ3) is 3.93. The quantitative estimate of drug-likeness (QED) is 0.860. The number of carbonyl (C=O) groups excluding carboxylic acids is 2. The number of ether oxygens (including phenoxy) is 1. The van der Waals surface area contributed by atoms with Gasteiger partial charge in [-0.15, -0.1) is 0 Å². The van der Waals surface area contributed by atoms with Crippen LogP contribution in [-0.4, -0.2) is 18.3 Å². The number of ketones is 1. The number of Topliss-reactive ketones (excluding diaryl/α,β-unsaturated/α-hetero) is 1. The van der Waals surface area contributed by atoms with Crippen molar-refractivity contribution in [3.63, 3.8) is 0 Å². The molecule has 0 fully saturated rings. The molecular formula is C17H14N2O3. The van der Waals surface area contributed by atoms with Gasteiger partial charge in [0, 0.05) is 11.3 Å². The maximum atomic E-state index is 11.8. The molecule has 0 aliphatic carbocycles. The summed E-state index contributed by atoms with van der Waals surface area (Å²) in [6.45, 7) is 1.28. The second-order valence-corrected chi connectivity index (χ2v) is 4.58. The minimum atomic E-state index is -0.344. The van der Waals surface area contributed by atoms with Crippen LogP contribution in [0.15, 0.2) is 48.5 Å². The maximum absolute atomic E-state index is 11.8. The Morgan fingerprint density at radius 2 is 1.82 bits per heavy atom. The van der Waals surface area contributed by atoms with Crippen molar-refractivity contribution in [3.05, 3.63) is 59.7 Å². The molecule has 110 valence electrons. The molecule has 22 heavy (non-hydrogen) atoms. The van der Waals surface area contributed by atoms with Crippen LogP contribution in [0.1, 0.15) is 22.8 Å². The van der Waals surface area contributed by atoms with Crippen LogP contribution in [0.2, 0.25) is 0 Å². The van der Waals surface area contributed by atoms with Crippen molar-refractivity contribution < 1.29 is 14.3 Å². The van der Waals surface area contributed by atoms with Crippen LogP contribution in [0, 0.1) is 11.3 Å². The molecule has 0 saturated heterocycles. The molecule has 0 aromatic heterocycles. The van der Waals surface area contributed by atoms with Crippen molar-refractivity contribution in [1.82, 2.24) is 0 Å². The van der Waals surface area contributed by atoms with Crippen LogP contribution < -0.4 is 10.1 Å². The van der Waals surface area contributed by atoms with E-state index >= 15 is 0 Å². The molecule has 0 aliphatic heterocycles. The molecule has 5 nitrogen and oxygen atoms in total. The summed E-state index contributed by atoms with van der Waals surface area (Å²) in [4.78, 5) is 23.0. The van der Waals surface area contributed by atoms with Gasteiger partial charge in [0.15, 0.2) is 12.4 Å². The van der Waals surface area contributed by atoms with E-state index in [4.69, 9.17) is 10.00 Å². The highest BCUT2D eigenvalue weighted by molar-refractivity contribution is 5.95. The second kappa shape index (κ2) is 7.04. The van der Waals surface area contributed by atoms with Crippen LogP contribution >= 0.6 is 0 Å². The van der Waals surface area contributed by atoms with Crippen LogP contribution in [0.5, 0.6) is 5.75 Å². The lowest BCUT2D eigenvalue weighted by molar-refractivity contribution is -0.118. The zero-order chi connectivity index (χ0) is 15.9. The van der Waals surface area contributed by atoms with E-state index in [2.05, 4.69) is 5.32 Å². The largest absolute Gasteiger partial charge is 0.482 e. The first-order valence-corrected chi connectivity index (χ1v) is 6.63. The summed E-state index contributed by atoms with van der Waals surface area (Å²) in [5, 5.41) is 11.6. The topological polar surface area (TPSA) is 79.2 Å². The average Bonchev–Trinajstić information content (AvgIpc) is 2.53. The molecule has 0 radical (unpaired) electrons. The molecule has 0 unspecified atom stereocenters. The number of nitrogens with zero attached hydrogens (tertiary/aromatic N) is 1. The summed E-state index contributed by atoms with van der Waals surface area (Å²) >= 11 is 0. The first-order valence-electron chi connectivity index (χ1n) is 6.63. The predicted octanol–water partition coefficient (Wildman–Crippen LogP) is 2.78. The molecule has 5 heteroatoms. The Balaban J connectivity index is 1.93. The number of para-hydroxylation sites is 1. The van der Waals surface area contributed by atoms with Crippen molar-refractivity contribution >= 4 is 17.4 Å². The van der Waals surface area contributed by atoms with Gasteiger partial charge in [-0.25, -0.2) is 0 Å².